The zero-order chi connectivity index (χ0) is 25.4. The number of hydrogen-bond acceptors (Lipinski definition) is 6. The van der Waals surface area contributed by atoms with Gasteiger partial charge in [-0.15, -0.1) is 0 Å². The van der Waals surface area contributed by atoms with E-state index in [-0.39, 0.29) is 17.5 Å². The minimum absolute atomic E-state index is 0.102. The van der Waals surface area contributed by atoms with E-state index in [0.29, 0.717) is 44.3 Å². The van der Waals surface area contributed by atoms with Crippen LogP contribution >= 0.6 is 27.5 Å². The number of aromatic nitrogens is 2. The minimum Gasteiger partial charge on any atom is -0.493 e. The zero-order valence-corrected chi connectivity index (χ0v) is 22.0. The van der Waals surface area contributed by atoms with Gasteiger partial charge in [-0.05, 0) is 62.4 Å². The number of ether oxygens (including phenoxy) is 2. The Morgan fingerprint density at radius 3 is 2.72 bits per heavy atom. The Balaban J connectivity index is 1.73. The highest BCUT2D eigenvalue weighted by Crippen LogP contribution is 2.35. The van der Waals surface area contributed by atoms with Gasteiger partial charge in [0, 0.05) is 20.4 Å². The molecule has 36 heavy (non-hydrogen) atoms. The van der Waals surface area contributed by atoms with Crippen LogP contribution in [0.25, 0.3) is 33.5 Å². The maximum Gasteiger partial charge on any atom is 0.282 e. The molecule has 0 amide bonds. The monoisotopic (exact) mass is 565 g/mol. The number of furan rings is 1. The van der Waals surface area contributed by atoms with Gasteiger partial charge in [0.15, 0.2) is 17.3 Å². The average molecular weight is 567 g/mol. The summed E-state index contributed by atoms with van der Waals surface area (Å²) in [5, 5.41) is 6.36. The number of para-hydroxylation sites is 1. The predicted molar refractivity (Wildman–Crippen MR) is 146 cm³/mol. The van der Waals surface area contributed by atoms with Crippen LogP contribution in [-0.4, -0.2) is 29.1 Å². The van der Waals surface area contributed by atoms with Crippen LogP contribution in [0.15, 0.2) is 79.4 Å². The van der Waals surface area contributed by atoms with Gasteiger partial charge in [-0.25, -0.2) is 4.98 Å². The van der Waals surface area contributed by atoms with E-state index in [2.05, 4.69) is 21.0 Å². The number of rotatable bonds is 6. The minimum atomic E-state index is -0.335. The van der Waals surface area contributed by atoms with Gasteiger partial charge in [0.1, 0.15) is 5.58 Å². The van der Waals surface area contributed by atoms with E-state index in [0.717, 1.165) is 9.86 Å². The van der Waals surface area contributed by atoms with Crippen molar-refractivity contribution in [2.24, 2.45) is 5.10 Å². The highest BCUT2D eigenvalue weighted by atomic mass is 79.9. The number of halogens is 2. The van der Waals surface area contributed by atoms with Crippen LogP contribution in [-0.2, 0) is 0 Å². The van der Waals surface area contributed by atoms with Crippen molar-refractivity contribution in [2.75, 3.05) is 7.11 Å². The van der Waals surface area contributed by atoms with Crippen LogP contribution in [0.5, 0.6) is 11.5 Å². The molecule has 7 nitrogen and oxygen atoms in total. The van der Waals surface area contributed by atoms with E-state index in [4.69, 9.17) is 30.5 Å². The zero-order valence-electron chi connectivity index (χ0n) is 19.7. The molecule has 0 spiro atoms. The SMILES string of the molecule is COc1cc(Br)cc(C=Nn2c(-c3cc4cc(Cl)ccc4o3)nc3ccccc3c2=O)c1OC(C)C. The van der Waals surface area contributed by atoms with Crippen LogP contribution in [0.4, 0.5) is 0 Å². The molecule has 0 bridgehead atoms. The Labute approximate surface area is 220 Å². The summed E-state index contributed by atoms with van der Waals surface area (Å²) in [6.07, 6.45) is 1.45. The molecule has 0 radical (unpaired) electrons. The first kappa shape index (κ1) is 24.1. The molecule has 0 saturated heterocycles. The number of methoxy groups -OCH3 is 1. The topological polar surface area (TPSA) is 78.9 Å². The van der Waals surface area contributed by atoms with Gasteiger partial charge in [0.2, 0.25) is 5.82 Å². The molecule has 9 heteroatoms. The molecule has 2 heterocycles. The first-order chi connectivity index (χ1) is 17.3. The molecular formula is C27H21BrClN3O4. The highest BCUT2D eigenvalue weighted by Gasteiger charge is 2.18. The van der Waals surface area contributed by atoms with Crippen LogP contribution in [0.1, 0.15) is 19.4 Å². The summed E-state index contributed by atoms with van der Waals surface area (Å²) < 4.78 is 19.6. The van der Waals surface area contributed by atoms with Crippen molar-refractivity contribution in [3.05, 3.63) is 86.1 Å². The normalized spacial score (nSPS) is 11.7. The Kier molecular flexibility index (Phi) is 6.55. The second-order valence-electron chi connectivity index (χ2n) is 8.30. The summed E-state index contributed by atoms with van der Waals surface area (Å²) in [7, 11) is 1.57. The van der Waals surface area contributed by atoms with Crippen molar-refractivity contribution in [3.8, 4) is 23.1 Å². The van der Waals surface area contributed by atoms with Gasteiger partial charge in [0.05, 0.1) is 30.3 Å². The van der Waals surface area contributed by atoms with Crippen molar-refractivity contribution >= 4 is 55.6 Å². The van der Waals surface area contributed by atoms with Crippen molar-refractivity contribution in [1.82, 2.24) is 9.66 Å². The van der Waals surface area contributed by atoms with Gasteiger partial charge < -0.3 is 13.9 Å². The van der Waals surface area contributed by atoms with E-state index < -0.39 is 0 Å². The van der Waals surface area contributed by atoms with Crippen LogP contribution in [0, 0.1) is 0 Å². The lowest BCUT2D eigenvalue weighted by Gasteiger charge is -2.16. The van der Waals surface area contributed by atoms with Crippen LogP contribution in [0.3, 0.4) is 0 Å². The fourth-order valence-corrected chi connectivity index (χ4v) is 4.47. The van der Waals surface area contributed by atoms with Crippen molar-refractivity contribution in [3.63, 3.8) is 0 Å². The maximum atomic E-state index is 13.5. The summed E-state index contributed by atoms with van der Waals surface area (Å²) in [5.41, 5.74) is 1.45. The fourth-order valence-electron chi connectivity index (χ4n) is 3.83. The van der Waals surface area contributed by atoms with Gasteiger partial charge in [-0.3, -0.25) is 4.79 Å². The predicted octanol–water partition coefficient (Wildman–Crippen LogP) is 6.90. The lowest BCUT2D eigenvalue weighted by molar-refractivity contribution is 0.229. The van der Waals surface area contributed by atoms with E-state index in [9.17, 15) is 4.79 Å². The summed E-state index contributed by atoms with van der Waals surface area (Å²) in [4.78, 5) is 18.3. The Morgan fingerprint density at radius 2 is 1.94 bits per heavy atom. The molecule has 3 aromatic carbocycles. The van der Waals surface area contributed by atoms with Crippen LogP contribution < -0.4 is 15.0 Å². The first-order valence-electron chi connectivity index (χ1n) is 11.1. The summed E-state index contributed by atoms with van der Waals surface area (Å²) in [5.74, 6) is 1.70. The number of hydrogen-bond donors (Lipinski definition) is 0. The lowest BCUT2D eigenvalue weighted by Crippen LogP contribution is -2.20. The molecule has 2 aromatic heterocycles. The molecule has 0 aliphatic carbocycles. The van der Waals surface area contributed by atoms with Gasteiger partial charge >= 0.3 is 0 Å². The van der Waals surface area contributed by atoms with Gasteiger partial charge in [-0.1, -0.05) is 39.7 Å². The fraction of sp³-hybridized carbons (Fsp3) is 0.148. The van der Waals surface area contributed by atoms with Crippen molar-refractivity contribution in [2.45, 2.75) is 20.0 Å². The Morgan fingerprint density at radius 1 is 1.14 bits per heavy atom. The molecule has 0 fully saturated rings. The van der Waals surface area contributed by atoms with Crippen molar-refractivity contribution in [1.29, 1.82) is 0 Å². The molecule has 0 N–H and O–H groups in total. The van der Waals surface area contributed by atoms with Crippen molar-refractivity contribution < 1.29 is 13.9 Å². The Bertz CT molecular complexity index is 1690. The van der Waals surface area contributed by atoms with Gasteiger partial charge in [-0.2, -0.15) is 9.78 Å². The van der Waals surface area contributed by atoms with E-state index in [1.165, 1.54) is 4.68 Å². The largest absolute Gasteiger partial charge is 0.493 e. The van der Waals surface area contributed by atoms with Gasteiger partial charge in [0.25, 0.3) is 5.56 Å². The quantitative estimate of drug-likeness (QED) is 0.209. The standard InChI is InChI=1S/C27H21BrClN3O4/c1-15(2)35-25-17(10-18(28)13-23(25)34-3)14-30-32-26(31-21-7-5-4-6-20(21)27(32)33)24-12-16-11-19(29)8-9-22(16)36-24/h4-15H,1-3H3. The van der Waals surface area contributed by atoms with E-state index in [1.54, 1.807) is 55.8 Å². The first-order valence-corrected chi connectivity index (χ1v) is 12.3. The second-order valence-corrected chi connectivity index (χ2v) is 9.65. The van der Waals surface area contributed by atoms with Crippen LogP contribution in [0.2, 0.25) is 5.02 Å². The summed E-state index contributed by atoms with van der Waals surface area (Å²) in [6, 6.07) is 17.9. The number of nitrogens with zero attached hydrogens (tertiary/aromatic N) is 3. The molecule has 0 saturated carbocycles. The molecule has 5 aromatic rings. The molecule has 0 atom stereocenters. The molecule has 5 rings (SSSR count). The third-order valence-electron chi connectivity index (χ3n) is 5.39. The highest BCUT2D eigenvalue weighted by molar-refractivity contribution is 9.10. The molecule has 0 unspecified atom stereocenters. The molecular weight excluding hydrogens is 546 g/mol. The lowest BCUT2D eigenvalue weighted by atomic mass is 10.2. The second kappa shape index (κ2) is 9.79. The smallest absolute Gasteiger partial charge is 0.282 e. The number of fused-ring (bicyclic) bond motifs is 2. The summed E-state index contributed by atoms with van der Waals surface area (Å²) >= 11 is 9.65. The molecule has 0 aliphatic rings. The average Bonchev–Trinajstić information content (AvgIpc) is 3.27. The molecule has 182 valence electrons. The van der Waals surface area contributed by atoms with E-state index in [1.807, 2.05) is 32.0 Å². The summed E-state index contributed by atoms with van der Waals surface area (Å²) in [6.45, 7) is 3.85. The van der Waals surface area contributed by atoms with E-state index >= 15 is 0 Å². The number of benzene rings is 3. The third-order valence-corrected chi connectivity index (χ3v) is 6.08. The molecule has 0 aliphatic heterocycles. The third kappa shape index (κ3) is 4.62. The maximum absolute atomic E-state index is 13.5. The Hall–Kier alpha value is -3.62.